The fraction of sp³-hybridized carbons (Fsp3) is 0.500. The van der Waals surface area contributed by atoms with Crippen molar-refractivity contribution < 1.29 is 4.79 Å². The summed E-state index contributed by atoms with van der Waals surface area (Å²) in [4.78, 5) is 15.8. The van der Waals surface area contributed by atoms with Gasteiger partial charge in [-0.3, -0.25) is 9.48 Å². The SMILES string of the molecule is Cc1nn(C)c(C)c1[C@@H]1CCCN1C(=O)Cc1cccs1. The first-order valence-electron chi connectivity index (χ1n) is 7.40. The molecule has 1 aliphatic rings. The van der Waals surface area contributed by atoms with Crippen LogP contribution in [0.2, 0.25) is 0 Å². The first-order chi connectivity index (χ1) is 10.1. The van der Waals surface area contributed by atoms with Gasteiger partial charge < -0.3 is 4.90 Å². The Balaban J connectivity index is 1.83. The normalized spacial score (nSPS) is 18.4. The summed E-state index contributed by atoms with van der Waals surface area (Å²) in [6, 6.07) is 4.24. The van der Waals surface area contributed by atoms with E-state index in [0.717, 1.165) is 30.0 Å². The summed E-state index contributed by atoms with van der Waals surface area (Å²) >= 11 is 1.65. The molecule has 0 spiro atoms. The molecule has 3 heterocycles. The number of nitrogens with zero attached hydrogens (tertiary/aromatic N) is 3. The number of thiophene rings is 1. The molecule has 0 N–H and O–H groups in total. The predicted molar refractivity (Wildman–Crippen MR) is 84.4 cm³/mol. The van der Waals surface area contributed by atoms with Gasteiger partial charge in [0.25, 0.3) is 0 Å². The molecule has 1 atom stereocenters. The number of hydrogen-bond acceptors (Lipinski definition) is 3. The van der Waals surface area contributed by atoms with Crippen LogP contribution < -0.4 is 0 Å². The minimum atomic E-state index is 0.200. The average molecular weight is 303 g/mol. The number of carbonyl (C=O) groups excluding carboxylic acids is 1. The summed E-state index contributed by atoms with van der Waals surface area (Å²) in [5.74, 6) is 0.239. The Morgan fingerprint density at radius 2 is 2.29 bits per heavy atom. The molecule has 3 rings (SSSR count). The van der Waals surface area contributed by atoms with Gasteiger partial charge in [0, 0.05) is 29.7 Å². The van der Waals surface area contributed by atoms with Crippen molar-refractivity contribution in [3.63, 3.8) is 0 Å². The Morgan fingerprint density at radius 1 is 1.48 bits per heavy atom. The predicted octanol–water partition coefficient (Wildman–Crippen LogP) is 3.00. The molecule has 112 valence electrons. The molecule has 1 fully saturated rings. The topological polar surface area (TPSA) is 38.1 Å². The fourth-order valence-electron chi connectivity index (χ4n) is 3.30. The van der Waals surface area contributed by atoms with Crippen molar-refractivity contribution in [2.75, 3.05) is 6.54 Å². The quantitative estimate of drug-likeness (QED) is 0.874. The maximum absolute atomic E-state index is 12.6. The van der Waals surface area contributed by atoms with E-state index in [1.165, 1.54) is 11.3 Å². The van der Waals surface area contributed by atoms with Crippen LogP contribution in [-0.4, -0.2) is 27.1 Å². The summed E-state index contributed by atoms with van der Waals surface area (Å²) in [5.41, 5.74) is 3.47. The van der Waals surface area contributed by atoms with Gasteiger partial charge in [0.15, 0.2) is 0 Å². The highest BCUT2D eigenvalue weighted by molar-refractivity contribution is 7.10. The van der Waals surface area contributed by atoms with Gasteiger partial charge in [-0.05, 0) is 38.1 Å². The van der Waals surface area contributed by atoms with E-state index in [1.807, 2.05) is 36.2 Å². The van der Waals surface area contributed by atoms with Crippen LogP contribution in [0.4, 0.5) is 0 Å². The van der Waals surface area contributed by atoms with E-state index in [-0.39, 0.29) is 11.9 Å². The molecule has 0 unspecified atom stereocenters. The highest BCUT2D eigenvalue weighted by Gasteiger charge is 2.33. The van der Waals surface area contributed by atoms with Gasteiger partial charge >= 0.3 is 0 Å². The van der Waals surface area contributed by atoms with E-state index >= 15 is 0 Å². The fourth-order valence-corrected chi connectivity index (χ4v) is 4.00. The van der Waals surface area contributed by atoms with E-state index in [1.54, 1.807) is 11.3 Å². The molecule has 1 aliphatic heterocycles. The van der Waals surface area contributed by atoms with Crippen LogP contribution in [0.25, 0.3) is 0 Å². The molecule has 0 bridgehead atoms. The summed E-state index contributed by atoms with van der Waals surface area (Å²) in [6.07, 6.45) is 2.64. The lowest BCUT2D eigenvalue weighted by Crippen LogP contribution is -2.32. The number of rotatable bonds is 3. The van der Waals surface area contributed by atoms with Crippen molar-refractivity contribution in [3.05, 3.63) is 39.3 Å². The number of hydrogen-bond donors (Lipinski definition) is 0. The molecule has 0 aromatic carbocycles. The van der Waals surface area contributed by atoms with E-state index in [9.17, 15) is 4.79 Å². The van der Waals surface area contributed by atoms with E-state index in [0.29, 0.717) is 6.42 Å². The van der Waals surface area contributed by atoms with Crippen molar-refractivity contribution in [1.29, 1.82) is 0 Å². The lowest BCUT2D eigenvalue weighted by molar-refractivity contribution is -0.131. The zero-order valence-corrected chi connectivity index (χ0v) is 13.6. The van der Waals surface area contributed by atoms with Crippen molar-refractivity contribution in [2.45, 2.75) is 39.2 Å². The molecule has 0 aliphatic carbocycles. The van der Waals surface area contributed by atoms with Crippen LogP contribution in [0.15, 0.2) is 17.5 Å². The van der Waals surface area contributed by atoms with Crippen LogP contribution in [0.5, 0.6) is 0 Å². The van der Waals surface area contributed by atoms with E-state index in [2.05, 4.69) is 16.9 Å². The monoisotopic (exact) mass is 303 g/mol. The second-order valence-corrected chi connectivity index (χ2v) is 6.74. The van der Waals surface area contributed by atoms with Gasteiger partial charge in [-0.1, -0.05) is 6.07 Å². The third-order valence-corrected chi connectivity index (χ3v) is 5.25. The lowest BCUT2D eigenvalue weighted by Gasteiger charge is -2.25. The van der Waals surface area contributed by atoms with Crippen LogP contribution in [0, 0.1) is 13.8 Å². The Morgan fingerprint density at radius 3 is 2.90 bits per heavy atom. The Kier molecular flexibility index (Phi) is 3.85. The Labute approximate surface area is 129 Å². The lowest BCUT2D eigenvalue weighted by atomic mass is 10.0. The molecule has 4 nitrogen and oxygen atoms in total. The molecular formula is C16H21N3OS. The number of carbonyl (C=O) groups is 1. The van der Waals surface area contributed by atoms with Crippen molar-refractivity contribution in [2.24, 2.45) is 7.05 Å². The number of aryl methyl sites for hydroxylation is 2. The largest absolute Gasteiger partial charge is 0.335 e. The molecular weight excluding hydrogens is 282 g/mol. The van der Waals surface area contributed by atoms with Crippen molar-refractivity contribution in [3.8, 4) is 0 Å². The van der Waals surface area contributed by atoms with E-state index in [4.69, 9.17) is 0 Å². The van der Waals surface area contributed by atoms with Gasteiger partial charge in [0.1, 0.15) is 0 Å². The molecule has 1 amide bonds. The smallest absolute Gasteiger partial charge is 0.228 e. The van der Waals surface area contributed by atoms with Gasteiger partial charge in [0.2, 0.25) is 5.91 Å². The Hall–Kier alpha value is -1.62. The number of aromatic nitrogens is 2. The third kappa shape index (κ3) is 2.62. The standard InChI is InChI=1S/C16H21N3OS/c1-11-16(12(2)18(3)17-11)14-7-4-8-19(14)15(20)10-13-6-5-9-21-13/h5-6,9,14H,4,7-8,10H2,1-3H3/t14-/m0/s1. The number of likely N-dealkylation sites (tertiary alicyclic amines) is 1. The zero-order valence-electron chi connectivity index (χ0n) is 12.8. The Bertz CT molecular complexity index is 645. The third-order valence-electron chi connectivity index (χ3n) is 4.38. The maximum Gasteiger partial charge on any atom is 0.228 e. The average Bonchev–Trinajstić information content (AvgIpc) is 3.13. The van der Waals surface area contributed by atoms with Gasteiger partial charge in [-0.15, -0.1) is 11.3 Å². The molecule has 1 saturated heterocycles. The van der Waals surface area contributed by atoms with Gasteiger partial charge in [-0.25, -0.2) is 0 Å². The van der Waals surface area contributed by atoms with Crippen molar-refractivity contribution >= 4 is 17.2 Å². The summed E-state index contributed by atoms with van der Waals surface area (Å²) < 4.78 is 1.92. The highest BCUT2D eigenvalue weighted by Crippen LogP contribution is 2.35. The number of amides is 1. The summed E-state index contributed by atoms with van der Waals surface area (Å²) in [6.45, 7) is 5.00. The first kappa shape index (κ1) is 14.3. The van der Waals surface area contributed by atoms with Gasteiger partial charge in [-0.2, -0.15) is 5.10 Å². The zero-order chi connectivity index (χ0) is 15.0. The molecule has 0 saturated carbocycles. The second-order valence-electron chi connectivity index (χ2n) is 5.71. The van der Waals surface area contributed by atoms with Crippen molar-refractivity contribution in [1.82, 2.24) is 14.7 Å². The van der Waals surface area contributed by atoms with Crippen LogP contribution in [0.3, 0.4) is 0 Å². The van der Waals surface area contributed by atoms with Crippen LogP contribution >= 0.6 is 11.3 Å². The minimum Gasteiger partial charge on any atom is -0.335 e. The van der Waals surface area contributed by atoms with Gasteiger partial charge in [0.05, 0.1) is 18.2 Å². The summed E-state index contributed by atoms with van der Waals surface area (Å²) in [7, 11) is 1.97. The first-order valence-corrected chi connectivity index (χ1v) is 8.28. The molecule has 21 heavy (non-hydrogen) atoms. The highest BCUT2D eigenvalue weighted by atomic mass is 32.1. The molecule has 2 aromatic heterocycles. The molecule has 5 heteroatoms. The minimum absolute atomic E-state index is 0.200. The van der Waals surface area contributed by atoms with Crippen LogP contribution in [-0.2, 0) is 18.3 Å². The molecule has 0 radical (unpaired) electrons. The summed E-state index contributed by atoms with van der Waals surface area (Å²) in [5, 5.41) is 6.53. The molecule has 2 aromatic rings. The van der Waals surface area contributed by atoms with Crippen LogP contribution in [0.1, 0.15) is 40.7 Å². The second kappa shape index (κ2) is 5.64. The maximum atomic E-state index is 12.6. The van der Waals surface area contributed by atoms with E-state index < -0.39 is 0 Å².